The molecule has 0 spiro atoms. The standard InChI is InChI=1S/C36H46N4O2/c1-23(2)27-17-13-18-28(24(3)4)33(27)40-34(41)32(20-26-21-37-31-19-12-11-16-29(26)31)39-35(42)38-22-30(36(5,6)7)25-14-9-8-10-15-25/h8-19,21,23-24,30,32,37H,20,22H2,1-7H3,(H,40,41)(H2,38,39,42). The van der Waals surface area contributed by atoms with Crippen molar-refractivity contribution in [1.29, 1.82) is 0 Å². The molecule has 4 aromatic rings. The number of fused-ring (bicyclic) bond motifs is 1. The number of amides is 3. The summed E-state index contributed by atoms with van der Waals surface area (Å²) in [5.74, 6) is 0.335. The Labute approximate surface area is 250 Å². The van der Waals surface area contributed by atoms with Crippen LogP contribution < -0.4 is 16.0 Å². The number of hydrogen-bond acceptors (Lipinski definition) is 2. The van der Waals surface area contributed by atoms with E-state index in [0.717, 1.165) is 33.3 Å². The van der Waals surface area contributed by atoms with Gasteiger partial charge in [-0.3, -0.25) is 4.79 Å². The summed E-state index contributed by atoms with van der Waals surface area (Å²) in [5.41, 5.74) is 6.09. The lowest BCUT2D eigenvalue weighted by Gasteiger charge is -2.31. The van der Waals surface area contributed by atoms with Gasteiger partial charge in [0.25, 0.3) is 0 Å². The molecule has 0 saturated heterocycles. The summed E-state index contributed by atoms with van der Waals surface area (Å²) >= 11 is 0. The minimum atomic E-state index is -0.783. The van der Waals surface area contributed by atoms with Crippen LogP contribution in [-0.4, -0.2) is 29.5 Å². The van der Waals surface area contributed by atoms with E-state index in [1.165, 1.54) is 5.56 Å². The molecule has 3 amide bonds. The first-order chi connectivity index (χ1) is 20.0. The number of hydrogen-bond donors (Lipinski definition) is 4. The number of carbonyl (C=O) groups excluding carboxylic acids is 2. The molecule has 6 heteroatoms. The van der Waals surface area contributed by atoms with Crippen molar-refractivity contribution < 1.29 is 9.59 Å². The van der Waals surface area contributed by atoms with Crippen LogP contribution in [0.15, 0.2) is 79.0 Å². The van der Waals surface area contributed by atoms with Crippen LogP contribution in [0.3, 0.4) is 0 Å². The minimum Gasteiger partial charge on any atom is -0.361 e. The lowest BCUT2D eigenvalue weighted by molar-refractivity contribution is -0.117. The van der Waals surface area contributed by atoms with Gasteiger partial charge >= 0.3 is 6.03 Å². The van der Waals surface area contributed by atoms with Crippen LogP contribution in [0, 0.1) is 5.41 Å². The fourth-order valence-corrected chi connectivity index (χ4v) is 5.65. The molecule has 2 unspecified atom stereocenters. The number of rotatable bonds is 10. The number of H-pyrrole nitrogens is 1. The second-order valence-corrected chi connectivity index (χ2v) is 12.9. The predicted octanol–water partition coefficient (Wildman–Crippen LogP) is 8.09. The first-order valence-corrected chi connectivity index (χ1v) is 15.0. The largest absolute Gasteiger partial charge is 0.361 e. The van der Waals surface area contributed by atoms with Gasteiger partial charge in [-0.2, -0.15) is 0 Å². The Morgan fingerprint density at radius 3 is 2.05 bits per heavy atom. The summed E-state index contributed by atoms with van der Waals surface area (Å²) in [7, 11) is 0. The van der Waals surface area contributed by atoms with Gasteiger partial charge in [0, 0.05) is 41.7 Å². The highest BCUT2D eigenvalue weighted by molar-refractivity contribution is 5.99. The van der Waals surface area contributed by atoms with Crippen LogP contribution >= 0.6 is 0 Å². The molecule has 0 aliphatic rings. The van der Waals surface area contributed by atoms with Crippen molar-refractivity contribution in [2.45, 2.75) is 78.7 Å². The summed E-state index contributed by atoms with van der Waals surface area (Å²) < 4.78 is 0. The highest BCUT2D eigenvalue weighted by Crippen LogP contribution is 2.35. The third-order valence-corrected chi connectivity index (χ3v) is 8.06. The molecule has 6 nitrogen and oxygen atoms in total. The number of carbonyl (C=O) groups is 2. The van der Waals surface area contributed by atoms with Crippen molar-refractivity contribution in [2.24, 2.45) is 5.41 Å². The van der Waals surface area contributed by atoms with E-state index in [9.17, 15) is 9.59 Å². The summed E-state index contributed by atoms with van der Waals surface area (Å²) in [6.07, 6.45) is 2.28. The number of aromatic amines is 1. The molecule has 1 heterocycles. The van der Waals surface area contributed by atoms with Crippen LogP contribution in [0.25, 0.3) is 10.9 Å². The molecule has 4 rings (SSSR count). The van der Waals surface area contributed by atoms with E-state index >= 15 is 0 Å². The van der Waals surface area contributed by atoms with E-state index in [0.29, 0.717) is 13.0 Å². The second kappa shape index (κ2) is 13.3. The van der Waals surface area contributed by atoms with Crippen molar-refractivity contribution in [3.63, 3.8) is 0 Å². The van der Waals surface area contributed by atoms with Gasteiger partial charge in [-0.05, 0) is 45.6 Å². The number of anilines is 1. The first-order valence-electron chi connectivity index (χ1n) is 15.0. The summed E-state index contributed by atoms with van der Waals surface area (Å²) in [5, 5.41) is 10.4. The van der Waals surface area contributed by atoms with Crippen LogP contribution in [0.5, 0.6) is 0 Å². The zero-order valence-corrected chi connectivity index (χ0v) is 26.0. The summed E-state index contributed by atoms with van der Waals surface area (Å²) in [6.45, 7) is 15.5. The molecule has 0 aliphatic carbocycles. The number of benzene rings is 3. The number of aromatic nitrogens is 1. The van der Waals surface area contributed by atoms with E-state index in [1.807, 2.05) is 54.7 Å². The van der Waals surface area contributed by atoms with E-state index in [-0.39, 0.29) is 35.1 Å². The van der Waals surface area contributed by atoms with Crippen molar-refractivity contribution in [3.05, 3.63) is 101 Å². The Bertz CT molecular complexity index is 1470. The third kappa shape index (κ3) is 7.41. The Morgan fingerprint density at radius 2 is 1.43 bits per heavy atom. The summed E-state index contributed by atoms with van der Waals surface area (Å²) in [6, 6.07) is 23.3. The molecule has 0 fully saturated rings. The third-order valence-electron chi connectivity index (χ3n) is 8.06. The molecular formula is C36H46N4O2. The first kappa shape index (κ1) is 30.9. The smallest absolute Gasteiger partial charge is 0.315 e. The van der Waals surface area contributed by atoms with Gasteiger partial charge in [-0.25, -0.2) is 4.79 Å². The maximum atomic E-state index is 14.0. The van der Waals surface area contributed by atoms with Gasteiger partial charge in [0.2, 0.25) is 5.91 Å². The zero-order valence-electron chi connectivity index (χ0n) is 26.0. The quantitative estimate of drug-likeness (QED) is 0.156. The van der Waals surface area contributed by atoms with Crippen LogP contribution in [0.4, 0.5) is 10.5 Å². The van der Waals surface area contributed by atoms with Crippen LogP contribution in [-0.2, 0) is 11.2 Å². The zero-order chi connectivity index (χ0) is 30.4. The summed E-state index contributed by atoms with van der Waals surface area (Å²) in [4.78, 5) is 30.7. The molecule has 0 bridgehead atoms. The molecule has 222 valence electrons. The monoisotopic (exact) mass is 566 g/mol. The van der Waals surface area contributed by atoms with Gasteiger partial charge < -0.3 is 20.9 Å². The molecule has 1 aromatic heterocycles. The average Bonchev–Trinajstić information content (AvgIpc) is 3.35. The fraction of sp³-hybridized carbons (Fsp3) is 0.389. The van der Waals surface area contributed by atoms with Gasteiger partial charge in [0.1, 0.15) is 6.04 Å². The SMILES string of the molecule is CC(C)c1cccc(C(C)C)c1NC(=O)C(Cc1c[nH]c2ccccc12)NC(=O)NCC(c1ccccc1)C(C)(C)C. The Kier molecular flexibility index (Phi) is 9.77. The normalized spacial score (nSPS) is 13.3. The van der Waals surface area contributed by atoms with Crippen molar-refractivity contribution in [1.82, 2.24) is 15.6 Å². The van der Waals surface area contributed by atoms with Crippen molar-refractivity contribution >= 4 is 28.5 Å². The fourth-order valence-electron chi connectivity index (χ4n) is 5.65. The molecule has 42 heavy (non-hydrogen) atoms. The second-order valence-electron chi connectivity index (χ2n) is 12.9. The number of nitrogens with one attached hydrogen (secondary N) is 4. The van der Waals surface area contributed by atoms with Gasteiger partial charge in [0.15, 0.2) is 0 Å². The molecule has 0 radical (unpaired) electrons. The van der Waals surface area contributed by atoms with Gasteiger partial charge in [-0.15, -0.1) is 0 Å². The van der Waals surface area contributed by atoms with Crippen molar-refractivity contribution in [2.75, 3.05) is 11.9 Å². The molecule has 0 aliphatic heterocycles. The lowest BCUT2D eigenvalue weighted by atomic mass is 9.76. The molecule has 0 saturated carbocycles. The Balaban J connectivity index is 1.60. The number of urea groups is 1. The lowest BCUT2D eigenvalue weighted by Crippen LogP contribution is -2.50. The minimum absolute atomic E-state index is 0.0662. The Morgan fingerprint density at radius 1 is 0.810 bits per heavy atom. The maximum absolute atomic E-state index is 14.0. The average molecular weight is 567 g/mol. The van der Waals surface area contributed by atoms with E-state index in [1.54, 1.807) is 0 Å². The highest BCUT2D eigenvalue weighted by Gasteiger charge is 2.29. The topological polar surface area (TPSA) is 86.0 Å². The molecule has 3 aromatic carbocycles. The predicted molar refractivity (Wildman–Crippen MR) is 174 cm³/mol. The maximum Gasteiger partial charge on any atom is 0.315 e. The molecule has 4 N–H and O–H groups in total. The van der Waals surface area contributed by atoms with Gasteiger partial charge in [-0.1, -0.05) is 115 Å². The van der Waals surface area contributed by atoms with E-state index in [4.69, 9.17) is 0 Å². The van der Waals surface area contributed by atoms with Gasteiger partial charge in [0.05, 0.1) is 0 Å². The molecular weight excluding hydrogens is 520 g/mol. The van der Waals surface area contributed by atoms with E-state index < -0.39 is 6.04 Å². The van der Waals surface area contributed by atoms with E-state index in [2.05, 4.69) is 93.7 Å². The van der Waals surface area contributed by atoms with Crippen LogP contribution in [0.1, 0.15) is 88.5 Å². The van der Waals surface area contributed by atoms with Crippen molar-refractivity contribution in [3.8, 4) is 0 Å². The molecule has 2 atom stereocenters. The number of para-hydroxylation sites is 2. The highest BCUT2D eigenvalue weighted by atomic mass is 16.2. The Hall–Kier alpha value is -4.06. The van der Waals surface area contributed by atoms with Crippen LogP contribution in [0.2, 0.25) is 0 Å².